The first kappa shape index (κ1) is 18.5. The van der Waals surface area contributed by atoms with Crippen LogP contribution in [0.15, 0.2) is 54.7 Å². The largest absolute Gasteiger partial charge is 0.495 e. The summed E-state index contributed by atoms with van der Waals surface area (Å²) in [7, 11) is 1.58. The van der Waals surface area contributed by atoms with Crippen LogP contribution in [0.25, 0.3) is 0 Å². The zero-order chi connectivity index (χ0) is 18.5. The summed E-state index contributed by atoms with van der Waals surface area (Å²) in [5.74, 6) is 1.10. The molecule has 2 aromatic carbocycles. The first-order valence-corrected chi connectivity index (χ1v) is 8.90. The van der Waals surface area contributed by atoms with E-state index in [2.05, 4.69) is 15.7 Å². The van der Waals surface area contributed by atoms with Crippen LogP contribution in [-0.4, -0.2) is 22.0 Å². The molecule has 0 radical (unpaired) electrons. The standard InChI is InChI=1S/C18H16Cl2N4OS/c1-25-16-8-7-13(19)9-15(16)21-18(26)22-17-14(20)11-24(23-17)10-12-5-3-2-4-6-12/h2-9,11H,10H2,1H3,(H2,21,22,23,26). The predicted octanol–water partition coefficient (Wildman–Crippen LogP) is 5.06. The number of rotatable bonds is 5. The Bertz CT molecular complexity index is 915. The molecule has 5 nitrogen and oxygen atoms in total. The summed E-state index contributed by atoms with van der Waals surface area (Å²) < 4.78 is 7.04. The molecule has 1 aromatic heterocycles. The summed E-state index contributed by atoms with van der Waals surface area (Å²) in [6.07, 6.45) is 1.75. The normalized spacial score (nSPS) is 10.4. The summed E-state index contributed by atoms with van der Waals surface area (Å²) in [4.78, 5) is 0. The lowest BCUT2D eigenvalue weighted by atomic mass is 10.2. The number of nitrogens with zero attached hydrogens (tertiary/aromatic N) is 2. The van der Waals surface area contributed by atoms with Gasteiger partial charge in [-0.1, -0.05) is 53.5 Å². The minimum absolute atomic E-state index is 0.331. The van der Waals surface area contributed by atoms with E-state index in [1.807, 2.05) is 30.3 Å². The van der Waals surface area contributed by atoms with E-state index in [1.54, 1.807) is 36.2 Å². The molecule has 0 aliphatic rings. The van der Waals surface area contributed by atoms with Crippen LogP contribution in [0.5, 0.6) is 5.75 Å². The lowest BCUT2D eigenvalue weighted by molar-refractivity contribution is 0.417. The fraction of sp³-hybridized carbons (Fsp3) is 0.111. The fourth-order valence-corrected chi connectivity index (χ4v) is 2.95. The molecule has 8 heteroatoms. The van der Waals surface area contributed by atoms with E-state index in [1.165, 1.54) is 0 Å². The topological polar surface area (TPSA) is 51.1 Å². The molecule has 0 saturated heterocycles. The van der Waals surface area contributed by atoms with Gasteiger partial charge in [0, 0.05) is 11.2 Å². The minimum Gasteiger partial charge on any atom is -0.495 e. The molecule has 0 unspecified atom stereocenters. The van der Waals surface area contributed by atoms with Crippen molar-refractivity contribution in [1.29, 1.82) is 0 Å². The van der Waals surface area contributed by atoms with Crippen molar-refractivity contribution in [2.24, 2.45) is 0 Å². The highest BCUT2D eigenvalue weighted by atomic mass is 35.5. The number of hydrogen-bond donors (Lipinski definition) is 2. The Kier molecular flexibility index (Phi) is 5.98. The van der Waals surface area contributed by atoms with Crippen molar-refractivity contribution in [3.05, 3.63) is 70.3 Å². The van der Waals surface area contributed by atoms with Gasteiger partial charge in [0.15, 0.2) is 10.9 Å². The number of nitrogens with one attached hydrogen (secondary N) is 2. The molecule has 0 fully saturated rings. The molecule has 2 N–H and O–H groups in total. The van der Waals surface area contributed by atoms with Crippen molar-refractivity contribution in [2.45, 2.75) is 6.54 Å². The van der Waals surface area contributed by atoms with Gasteiger partial charge in [0.2, 0.25) is 0 Å². The van der Waals surface area contributed by atoms with Crippen LogP contribution in [-0.2, 0) is 6.54 Å². The van der Waals surface area contributed by atoms with Gasteiger partial charge < -0.3 is 15.4 Å². The summed E-state index contributed by atoms with van der Waals surface area (Å²) in [6, 6.07) is 15.2. The van der Waals surface area contributed by atoms with Gasteiger partial charge in [-0.15, -0.1) is 0 Å². The second kappa shape index (κ2) is 8.40. The molecule has 0 atom stereocenters. The quantitative estimate of drug-likeness (QED) is 0.580. The average molecular weight is 407 g/mol. The highest BCUT2D eigenvalue weighted by Crippen LogP contribution is 2.28. The highest BCUT2D eigenvalue weighted by Gasteiger charge is 2.11. The van der Waals surface area contributed by atoms with E-state index in [-0.39, 0.29) is 0 Å². The Hall–Kier alpha value is -2.28. The molecule has 0 amide bonds. The fourth-order valence-electron chi connectivity index (χ4n) is 2.37. The maximum Gasteiger partial charge on any atom is 0.176 e. The first-order chi connectivity index (χ1) is 12.5. The molecule has 26 heavy (non-hydrogen) atoms. The van der Waals surface area contributed by atoms with E-state index in [0.29, 0.717) is 39.0 Å². The van der Waals surface area contributed by atoms with Gasteiger partial charge in [-0.25, -0.2) is 0 Å². The molecule has 0 spiro atoms. The van der Waals surface area contributed by atoms with Crippen molar-refractivity contribution in [3.63, 3.8) is 0 Å². The lowest BCUT2D eigenvalue weighted by Gasteiger charge is -2.12. The van der Waals surface area contributed by atoms with E-state index in [4.69, 9.17) is 40.2 Å². The Morgan fingerprint density at radius 3 is 2.65 bits per heavy atom. The average Bonchev–Trinajstić information content (AvgIpc) is 2.95. The second-order valence-electron chi connectivity index (χ2n) is 5.43. The van der Waals surface area contributed by atoms with Gasteiger partial charge in [-0.3, -0.25) is 4.68 Å². The number of aromatic nitrogens is 2. The van der Waals surface area contributed by atoms with Crippen LogP contribution in [0, 0.1) is 0 Å². The molecular weight excluding hydrogens is 391 g/mol. The third-order valence-electron chi connectivity index (χ3n) is 3.55. The zero-order valence-corrected chi connectivity index (χ0v) is 16.2. The Morgan fingerprint density at radius 2 is 1.92 bits per heavy atom. The van der Waals surface area contributed by atoms with Crippen LogP contribution in [0.3, 0.4) is 0 Å². The monoisotopic (exact) mass is 406 g/mol. The van der Waals surface area contributed by atoms with Gasteiger partial charge in [0.1, 0.15) is 10.8 Å². The number of ether oxygens (including phenoxy) is 1. The van der Waals surface area contributed by atoms with E-state index >= 15 is 0 Å². The molecule has 3 rings (SSSR count). The second-order valence-corrected chi connectivity index (χ2v) is 6.68. The van der Waals surface area contributed by atoms with Crippen molar-refractivity contribution >= 4 is 52.0 Å². The van der Waals surface area contributed by atoms with Gasteiger partial charge in [0.05, 0.1) is 19.3 Å². The summed E-state index contributed by atoms with van der Waals surface area (Å²) >= 11 is 17.6. The van der Waals surface area contributed by atoms with Crippen LogP contribution < -0.4 is 15.4 Å². The molecule has 134 valence electrons. The van der Waals surface area contributed by atoms with Gasteiger partial charge in [0.25, 0.3) is 0 Å². The number of benzene rings is 2. The van der Waals surface area contributed by atoms with E-state index < -0.39 is 0 Å². The van der Waals surface area contributed by atoms with E-state index in [9.17, 15) is 0 Å². The third kappa shape index (κ3) is 4.66. The van der Waals surface area contributed by atoms with Crippen molar-refractivity contribution in [1.82, 2.24) is 9.78 Å². The van der Waals surface area contributed by atoms with Crippen molar-refractivity contribution < 1.29 is 4.74 Å². The Morgan fingerprint density at radius 1 is 1.15 bits per heavy atom. The SMILES string of the molecule is COc1ccc(Cl)cc1NC(=S)Nc1nn(Cc2ccccc2)cc1Cl. The number of halogens is 2. The molecule has 0 aliphatic carbocycles. The van der Waals surface area contributed by atoms with Gasteiger partial charge in [-0.2, -0.15) is 5.10 Å². The van der Waals surface area contributed by atoms with Crippen LogP contribution in [0.2, 0.25) is 10.0 Å². The molecular formula is C18H16Cl2N4OS. The summed E-state index contributed by atoms with van der Waals surface area (Å²) in [5.41, 5.74) is 1.78. The molecule has 0 aliphatic heterocycles. The van der Waals surface area contributed by atoms with Gasteiger partial charge >= 0.3 is 0 Å². The minimum atomic E-state index is 0.331. The van der Waals surface area contributed by atoms with Crippen LogP contribution >= 0.6 is 35.4 Å². The Labute approximate surface area is 166 Å². The number of hydrogen-bond acceptors (Lipinski definition) is 3. The summed E-state index contributed by atoms with van der Waals surface area (Å²) in [5, 5.41) is 11.8. The Balaban J connectivity index is 1.69. The van der Waals surface area contributed by atoms with Crippen molar-refractivity contribution in [2.75, 3.05) is 17.7 Å². The third-order valence-corrected chi connectivity index (χ3v) is 4.26. The highest BCUT2D eigenvalue weighted by molar-refractivity contribution is 7.80. The molecule has 0 saturated carbocycles. The smallest absolute Gasteiger partial charge is 0.176 e. The predicted molar refractivity (Wildman–Crippen MR) is 111 cm³/mol. The number of anilines is 2. The molecule has 3 aromatic rings. The number of thiocarbonyl (C=S) groups is 1. The van der Waals surface area contributed by atoms with Crippen molar-refractivity contribution in [3.8, 4) is 5.75 Å². The van der Waals surface area contributed by atoms with Gasteiger partial charge in [-0.05, 0) is 36.0 Å². The number of methoxy groups -OCH3 is 1. The molecule has 1 heterocycles. The van der Waals surface area contributed by atoms with Crippen LogP contribution in [0.1, 0.15) is 5.56 Å². The first-order valence-electron chi connectivity index (χ1n) is 7.73. The maximum atomic E-state index is 6.26. The van der Waals surface area contributed by atoms with Crippen LogP contribution in [0.4, 0.5) is 11.5 Å². The maximum absolute atomic E-state index is 6.26. The molecule has 0 bridgehead atoms. The zero-order valence-electron chi connectivity index (χ0n) is 13.9. The van der Waals surface area contributed by atoms with E-state index in [0.717, 1.165) is 5.56 Å². The summed E-state index contributed by atoms with van der Waals surface area (Å²) in [6.45, 7) is 0.616. The lowest BCUT2D eigenvalue weighted by Crippen LogP contribution is -2.20.